The Kier molecular flexibility index (Phi) is 3.84. The van der Waals surface area contributed by atoms with Crippen LogP contribution in [0.4, 0.5) is 0 Å². The van der Waals surface area contributed by atoms with Gasteiger partial charge in [0.25, 0.3) is 0 Å². The summed E-state index contributed by atoms with van der Waals surface area (Å²) in [4.78, 5) is 0. The van der Waals surface area contributed by atoms with Gasteiger partial charge in [-0.2, -0.15) is 5.10 Å². The second-order valence-electron chi connectivity index (χ2n) is 4.50. The van der Waals surface area contributed by atoms with Gasteiger partial charge in [0.1, 0.15) is 0 Å². The van der Waals surface area contributed by atoms with Gasteiger partial charge in [0.05, 0.1) is 17.4 Å². The predicted molar refractivity (Wildman–Crippen MR) is 88.8 cm³/mol. The summed E-state index contributed by atoms with van der Waals surface area (Å²) in [5, 5.41) is 4.40. The molecule has 1 atom stereocenters. The summed E-state index contributed by atoms with van der Waals surface area (Å²) in [7, 11) is 0. The second kappa shape index (κ2) is 5.76. The van der Waals surface area contributed by atoms with Crippen LogP contribution in [0.1, 0.15) is 17.3 Å². The Hall–Kier alpha value is -1.66. The normalized spacial score (nSPS) is 12.3. The molecule has 0 aliphatic heterocycles. The topological polar surface area (TPSA) is 43.8 Å². The van der Waals surface area contributed by atoms with Crippen LogP contribution in [0.5, 0.6) is 0 Å². The van der Waals surface area contributed by atoms with E-state index in [0.29, 0.717) is 0 Å². The van der Waals surface area contributed by atoms with E-state index in [9.17, 15) is 0 Å². The quantitative estimate of drug-likeness (QED) is 0.712. The van der Waals surface area contributed by atoms with Crippen LogP contribution in [0.3, 0.4) is 0 Å². The minimum Gasteiger partial charge on any atom is -0.319 e. The molecule has 1 heterocycles. The molecule has 4 heteroatoms. The number of aromatic nitrogens is 2. The van der Waals surface area contributed by atoms with E-state index in [4.69, 9.17) is 5.73 Å². The minimum atomic E-state index is -0.189. The summed E-state index contributed by atoms with van der Waals surface area (Å²) in [6.45, 7) is 0. The molecule has 0 amide bonds. The molecule has 0 fully saturated rings. The molecule has 0 aliphatic rings. The van der Waals surface area contributed by atoms with E-state index in [2.05, 4.69) is 39.8 Å². The lowest BCUT2D eigenvalue weighted by atomic mass is 10.0. The predicted octanol–water partition coefficient (Wildman–Crippen LogP) is 3.53. The summed E-state index contributed by atoms with van der Waals surface area (Å²) < 4.78 is 3.06. The number of benzene rings is 2. The van der Waals surface area contributed by atoms with Crippen molar-refractivity contribution in [3.8, 4) is 5.69 Å². The number of halogens is 1. The maximum absolute atomic E-state index is 6.43. The molecule has 0 saturated heterocycles. The highest BCUT2D eigenvalue weighted by Crippen LogP contribution is 2.25. The zero-order valence-corrected chi connectivity index (χ0v) is 12.9. The van der Waals surface area contributed by atoms with Gasteiger partial charge in [-0.05, 0) is 52.4 Å². The fourth-order valence-electron chi connectivity index (χ4n) is 2.22. The molecule has 2 N–H and O–H groups in total. The third kappa shape index (κ3) is 2.48. The van der Waals surface area contributed by atoms with Gasteiger partial charge >= 0.3 is 0 Å². The fourth-order valence-corrected chi connectivity index (χ4v) is 2.94. The average Bonchev–Trinajstić information content (AvgIpc) is 2.97. The van der Waals surface area contributed by atoms with Crippen molar-refractivity contribution in [2.75, 3.05) is 0 Å². The summed E-state index contributed by atoms with van der Waals surface area (Å²) >= 11 is 2.32. The van der Waals surface area contributed by atoms with Gasteiger partial charge in [-0.25, -0.2) is 4.68 Å². The molecule has 100 valence electrons. The van der Waals surface area contributed by atoms with Crippen molar-refractivity contribution >= 4 is 22.6 Å². The maximum Gasteiger partial charge on any atom is 0.0738 e. The first-order valence-corrected chi connectivity index (χ1v) is 7.44. The monoisotopic (exact) mass is 375 g/mol. The number of hydrogen-bond donors (Lipinski definition) is 1. The van der Waals surface area contributed by atoms with Gasteiger partial charge in [0.2, 0.25) is 0 Å². The van der Waals surface area contributed by atoms with E-state index < -0.39 is 0 Å². The van der Waals surface area contributed by atoms with Gasteiger partial charge in [-0.1, -0.05) is 36.4 Å². The molecule has 1 unspecified atom stereocenters. The molecule has 2 aromatic carbocycles. The molecule has 3 rings (SSSR count). The van der Waals surface area contributed by atoms with E-state index in [1.807, 2.05) is 53.2 Å². The van der Waals surface area contributed by atoms with Crippen LogP contribution in [0.2, 0.25) is 0 Å². The second-order valence-corrected chi connectivity index (χ2v) is 5.66. The minimum absolute atomic E-state index is 0.189. The first kappa shape index (κ1) is 13.3. The van der Waals surface area contributed by atoms with Crippen LogP contribution < -0.4 is 5.73 Å². The molecule has 20 heavy (non-hydrogen) atoms. The summed E-state index contributed by atoms with van der Waals surface area (Å²) in [5.41, 5.74) is 9.56. The van der Waals surface area contributed by atoms with Crippen LogP contribution in [0, 0.1) is 3.57 Å². The van der Waals surface area contributed by atoms with Crippen LogP contribution in [0.25, 0.3) is 5.69 Å². The molecule has 0 radical (unpaired) electrons. The van der Waals surface area contributed by atoms with E-state index in [1.165, 1.54) is 3.57 Å². The smallest absolute Gasteiger partial charge is 0.0738 e. The summed E-state index contributed by atoms with van der Waals surface area (Å²) in [6.07, 6.45) is 1.79. The van der Waals surface area contributed by atoms with Gasteiger partial charge in [0.15, 0.2) is 0 Å². The van der Waals surface area contributed by atoms with Crippen molar-refractivity contribution in [1.29, 1.82) is 0 Å². The first-order valence-electron chi connectivity index (χ1n) is 6.37. The van der Waals surface area contributed by atoms with Gasteiger partial charge in [-0.3, -0.25) is 0 Å². The van der Waals surface area contributed by atoms with E-state index in [-0.39, 0.29) is 6.04 Å². The Morgan fingerprint density at radius 2 is 1.65 bits per heavy atom. The number of nitrogens with zero attached hydrogens (tertiary/aromatic N) is 2. The molecule has 3 nitrogen and oxygen atoms in total. The Balaban J connectivity index is 2.04. The molecule has 1 aromatic heterocycles. The molecule has 0 bridgehead atoms. The Labute approximate surface area is 131 Å². The van der Waals surface area contributed by atoms with Gasteiger partial charge < -0.3 is 5.73 Å². The molecular weight excluding hydrogens is 361 g/mol. The van der Waals surface area contributed by atoms with E-state index in [1.54, 1.807) is 6.20 Å². The SMILES string of the molecule is NC(c1ccccc1I)c1ccnn1-c1ccccc1. The molecule has 0 spiro atoms. The Bertz CT molecular complexity index is 707. The average molecular weight is 375 g/mol. The summed E-state index contributed by atoms with van der Waals surface area (Å²) in [6, 6.07) is 20.0. The van der Waals surface area contributed by atoms with E-state index >= 15 is 0 Å². The fraction of sp³-hybridized carbons (Fsp3) is 0.0625. The highest BCUT2D eigenvalue weighted by Gasteiger charge is 2.16. The van der Waals surface area contributed by atoms with Crippen molar-refractivity contribution in [3.63, 3.8) is 0 Å². The van der Waals surface area contributed by atoms with Crippen molar-refractivity contribution in [2.24, 2.45) is 5.73 Å². The Morgan fingerprint density at radius 1 is 0.950 bits per heavy atom. The lowest BCUT2D eigenvalue weighted by Gasteiger charge is -2.16. The molecular formula is C16H14IN3. The van der Waals surface area contributed by atoms with Crippen LogP contribution in [-0.2, 0) is 0 Å². The zero-order valence-electron chi connectivity index (χ0n) is 10.8. The van der Waals surface area contributed by atoms with Crippen molar-refractivity contribution in [2.45, 2.75) is 6.04 Å². The molecule has 0 aliphatic carbocycles. The highest BCUT2D eigenvalue weighted by atomic mass is 127. The number of nitrogens with two attached hydrogens (primary N) is 1. The van der Waals surface area contributed by atoms with Crippen molar-refractivity contribution in [1.82, 2.24) is 9.78 Å². The van der Waals surface area contributed by atoms with Crippen LogP contribution in [-0.4, -0.2) is 9.78 Å². The molecule has 0 saturated carbocycles. The number of para-hydroxylation sites is 1. The standard InChI is InChI=1S/C16H14IN3/c17-14-9-5-4-8-13(14)16(18)15-10-11-19-20(15)12-6-2-1-3-7-12/h1-11,16H,18H2. The van der Waals surface area contributed by atoms with Gasteiger partial charge in [0, 0.05) is 9.77 Å². The Morgan fingerprint density at radius 3 is 2.40 bits per heavy atom. The van der Waals surface area contributed by atoms with Crippen molar-refractivity contribution in [3.05, 3.63) is 81.7 Å². The summed E-state index contributed by atoms with van der Waals surface area (Å²) in [5.74, 6) is 0. The first-order chi connectivity index (χ1) is 9.77. The lowest BCUT2D eigenvalue weighted by molar-refractivity contribution is 0.737. The number of hydrogen-bond acceptors (Lipinski definition) is 2. The van der Waals surface area contributed by atoms with Crippen LogP contribution in [0.15, 0.2) is 66.9 Å². The van der Waals surface area contributed by atoms with E-state index in [0.717, 1.165) is 16.9 Å². The number of rotatable bonds is 3. The highest BCUT2D eigenvalue weighted by molar-refractivity contribution is 14.1. The lowest BCUT2D eigenvalue weighted by Crippen LogP contribution is -2.17. The maximum atomic E-state index is 6.43. The van der Waals surface area contributed by atoms with Crippen LogP contribution >= 0.6 is 22.6 Å². The van der Waals surface area contributed by atoms with Gasteiger partial charge in [-0.15, -0.1) is 0 Å². The third-order valence-electron chi connectivity index (χ3n) is 3.23. The molecule has 3 aromatic rings. The largest absolute Gasteiger partial charge is 0.319 e. The third-order valence-corrected chi connectivity index (χ3v) is 4.21. The van der Waals surface area contributed by atoms with Crippen molar-refractivity contribution < 1.29 is 0 Å². The zero-order chi connectivity index (χ0) is 13.9.